The fourth-order valence-corrected chi connectivity index (χ4v) is 3.49. The molecular weight excluding hydrogens is 338 g/mol. The predicted octanol–water partition coefficient (Wildman–Crippen LogP) is 2.74. The molecule has 7 nitrogen and oxygen atoms in total. The molecule has 0 saturated carbocycles. The molecule has 4 heterocycles. The van der Waals surface area contributed by atoms with Crippen LogP contribution in [0.1, 0.15) is 18.5 Å². The van der Waals surface area contributed by atoms with E-state index in [9.17, 15) is 0 Å². The lowest BCUT2D eigenvalue weighted by molar-refractivity contribution is 0.477. The Balaban J connectivity index is 1.48. The normalized spacial score (nSPS) is 15.0. The number of aryl methyl sites for hydroxylation is 1. The Morgan fingerprint density at radius 2 is 1.81 bits per heavy atom. The Morgan fingerprint density at radius 3 is 2.52 bits per heavy atom. The molecule has 0 bridgehead atoms. The SMILES string of the molecule is Cc1cc(N2CCC(N(C)c3cccnn3)CC2)nc(-c2ccncc2)n1. The van der Waals surface area contributed by atoms with Crippen LogP contribution in [0.4, 0.5) is 11.6 Å². The van der Waals surface area contributed by atoms with E-state index in [1.165, 1.54) is 0 Å². The zero-order valence-electron chi connectivity index (χ0n) is 15.7. The average molecular weight is 361 g/mol. The summed E-state index contributed by atoms with van der Waals surface area (Å²) >= 11 is 0. The molecule has 4 rings (SSSR count). The molecule has 1 aliphatic rings. The number of rotatable bonds is 4. The first kappa shape index (κ1) is 17.3. The van der Waals surface area contributed by atoms with Crippen molar-refractivity contribution in [2.75, 3.05) is 29.9 Å². The van der Waals surface area contributed by atoms with Crippen LogP contribution >= 0.6 is 0 Å². The van der Waals surface area contributed by atoms with Crippen LogP contribution in [0.15, 0.2) is 48.9 Å². The summed E-state index contributed by atoms with van der Waals surface area (Å²) < 4.78 is 0. The van der Waals surface area contributed by atoms with Crippen molar-refractivity contribution < 1.29 is 0 Å². The van der Waals surface area contributed by atoms with Gasteiger partial charge in [0.25, 0.3) is 0 Å². The van der Waals surface area contributed by atoms with E-state index < -0.39 is 0 Å². The maximum Gasteiger partial charge on any atom is 0.161 e. The van der Waals surface area contributed by atoms with Gasteiger partial charge in [0.1, 0.15) is 5.82 Å². The predicted molar refractivity (Wildman–Crippen MR) is 106 cm³/mol. The van der Waals surface area contributed by atoms with Crippen LogP contribution in [0.3, 0.4) is 0 Å². The summed E-state index contributed by atoms with van der Waals surface area (Å²) in [5.41, 5.74) is 1.97. The number of nitrogens with zero attached hydrogens (tertiary/aromatic N) is 7. The molecule has 0 N–H and O–H groups in total. The average Bonchev–Trinajstić information content (AvgIpc) is 2.74. The van der Waals surface area contributed by atoms with Gasteiger partial charge in [-0.25, -0.2) is 9.97 Å². The topological polar surface area (TPSA) is 70.9 Å². The number of aromatic nitrogens is 5. The highest BCUT2D eigenvalue weighted by molar-refractivity contribution is 5.57. The maximum absolute atomic E-state index is 4.81. The minimum absolute atomic E-state index is 0.459. The number of piperidine rings is 1. The zero-order chi connectivity index (χ0) is 18.6. The molecule has 0 unspecified atom stereocenters. The van der Waals surface area contributed by atoms with Crippen molar-refractivity contribution in [1.82, 2.24) is 25.1 Å². The van der Waals surface area contributed by atoms with Crippen LogP contribution in [-0.2, 0) is 0 Å². The van der Waals surface area contributed by atoms with Gasteiger partial charge in [-0.3, -0.25) is 4.98 Å². The number of hydrogen-bond donors (Lipinski definition) is 0. The van der Waals surface area contributed by atoms with Gasteiger partial charge < -0.3 is 9.80 Å². The van der Waals surface area contributed by atoms with Gasteiger partial charge >= 0.3 is 0 Å². The minimum Gasteiger partial charge on any atom is -0.356 e. The van der Waals surface area contributed by atoms with Gasteiger partial charge in [-0.15, -0.1) is 5.10 Å². The molecule has 7 heteroatoms. The van der Waals surface area contributed by atoms with Crippen molar-refractivity contribution in [2.45, 2.75) is 25.8 Å². The highest BCUT2D eigenvalue weighted by atomic mass is 15.3. The molecule has 1 fully saturated rings. The highest BCUT2D eigenvalue weighted by Crippen LogP contribution is 2.25. The first-order valence-electron chi connectivity index (χ1n) is 9.22. The molecular formula is C20H23N7. The van der Waals surface area contributed by atoms with Crippen LogP contribution in [-0.4, -0.2) is 51.3 Å². The second kappa shape index (κ2) is 7.65. The summed E-state index contributed by atoms with van der Waals surface area (Å²) in [4.78, 5) is 18.1. The number of pyridine rings is 1. The first-order valence-corrected chi connectivity index (χ1v) is 9.22. The lowest BCUT2D eigenvalue weighted by Crippen LogP contribution is -2.44. The lowest BCUT2D eigenvalue weighted by atomic mass is 10.0. The maximum atomic E-state index is 4.81. The van der Waals surface area contributed by atoms with E-state index in [0.29, 0.717) is 6.04 Å². The van der Waals surface area contributed by atoms with Crippen LogP contribution in [0, 0.1) is 6.92 Å². The third kappa shape index (κ3) is 3.86. The van der Waals surface area contributed by atoms with Crippen molar-refractivity contribution in [3.05, 3.63) is 54.6 Å². The summed E-state index contributed by atoms with van der Waals surface area (Å²) in [5, 5.41) is 8.21. The van der Waals surface area contributed by atoms with Gasteiger partial charge in [-0.05, 0) is 44.0 Å². The van der Waals surface area contributed by atoms with Crippen molar-refractivity contribution >= 4 is 11.6 Å². The Bertz CT molecular complexity index is 877. The smallest absolute Gasteiger partial charge is 0.161 e. The summed E-state index contributed by atoms with van der Waals surface area (Å²) in [5.74, 6) is 2.68. The Morgan fingerprint density at radius 1 is 1.04 bits per heavy atom. The summed E-state index contributed by atoms with van der Waals surface area (Å²) in [7, 11) is 2.10. The minimum atomic E-state index is 0.459. The van der Waals surface area contributed by atoms with Gasteiger partial charge in [0.2, 0.25) is 0 Å². The summed E-state index contributed by atoms with van der Waals surface area (Å²) in [6.07, 6.45) is 7.36. The standard InChI is InChI=1S/C20H23N7/c1-15-14-19(24-20(23-15)16-5-10-21-11-6-16)27-12-7-17(8-13-27)26(2)18-4-3-9-22-25-18/h3-6,9-11,14,17H,7-8,12-13H2,1-2H3. The van der Waals surface area contributed by atoms with Crippen LogP contribution in [0.2, 0.25) is 0 Å². The van der Waals surface area contributed by atoms with E-state index in [-0.39, 0.29) is 0 Å². The van der Waals surface area contributed by atoms with E-state index >= 15 is 0 Å². The molecule has 27 heavy (non-hydrogen) atoms. The van der Waals surface area contributed by atoms with Crippen LogP contribution in [0.5, 0.6) is 0 Å². The second-order valence-corrected chi connectivity index (χ2v) is 6.84. The quantitative estimate of drug-likeness (QED) is 0.707. The van der Waals surface area contributed by atoms with E-state index in [0.717, 1.165) is 54.6 Å². The van der Waals surface area contributed by atoms with Crippen LogP contribution in [0.25, 0.3) is 11.4 Å². The second-order valence-electron chi connectivity index (χ2n) is 6.84. The van der Waals surface area contributed by atoms with Gasteiger partial charge in [-0.1, -0.05) is 0 Å². The molecule has 0 aliphatic carbocycles. The molecule has 0 aromatic carbocycles. The molecule has 0 amide bonds. The largest absolute Gasteiger partial charge is 0.356 e. The van der Waals surface area contributed by atoms with Gasteiger partial charge in [0.05, 0.1) is 0 Å². The summed E-state index contributed by atoms with van der Waals surface area (Å²) in [6.45, 7) is 3.94. The molecule has 3 aromatic heterocycles. The first-order chi connectivity index (χ1) is 13.2. The highest BCUT2D eigenvalue weighted by Gasteiger charge is 2.24. The van der Waals surface area contributed by atoms with E-state index in [1.807, 2.05) is 31.2 Å². The fraction of sp³-hybridized carbons (Fsp3) is 0.350. The van der Waals surface area contributed by atoms with Crippen molar-refractivity contribution in [1.29, 1.82) is 0 Å². The number of anilines is 2. The molecule has 3 aromatic rings. The van der Waals surface area contributed by atoms with E-state index in [1.54, 1.807) is 18.6 Å². The monoisotopic (exact) mass is 361 g/mol. The molecule has 1 aliphatic heterocycles. The molecule has 0 spiro atoms. The van der Waals surface area contributed by atoms with Crippen LogP contribution < -0.4 is 9.80 Å². The third-order valence-electron chi connectivity index (χ3n) is 5.04. The van der Waals surface area contributed by atoms with E-state index in [4.69, 9.17) is 4.98 Å². The molecule has 1 saturated heterocycles. The zero-order valence-corrected chi connectivity index (χ0v) is 15.7. The Kier molecular flexibility index (Phi) is 4.91. The Labute approximate surface area is 159 Å². The van der Waals surface area contributed by atoms with Gasteiger partial charge in [0.15, 0.2) is 11.6 Å². The van der Waals surface area contributed by atoms with Crippen molar-refractivity contribution in [2.24, 2.45) is 0 Å². The fourth-order valence-electron chi connectivity index (χ4n) is 3.49. The molecule has 0 atom stereocenters. The van der Waals surface area contributed by atoms with Crippen molar-refractivity contribution in [3.63, 3.8) is 0 Å². The number of hydrogen-bond acceptors (Lipinski definition) is 7. The summed E-state index contributed by atoms with van der Waals surface area (Å²) in [6, 6.07) is 10.4. The lowest BCUT2D eigenvalue weighted by Gasteiger charge is -2.37. The molecule has 0 radical (unpaired) electrons. The van der Waals surface area contributed by atoms with E-state index in [2.05, 4.69) is 43.1 Å². The molecule has 138 valence electrons. The van der Waals surface area contributed by atoms with Gasteiger partial charge in [-0.2, -0.15) is 5.10 Å². The Hall–Kier alpha value is -3.09. The third-order valence-corrected chi connectivity index (χ3v) is 5.04. The van der Waals surface area contributed by atoms with Crippen molar-refractivity contribution in [3.8, 4) is 11.4 Å². The van der Waals surface area contributed by atoms with Gasteiger partial charge in [0, 0.05) is 62.1 Å².